The van der Waals surface area contributed by atoms with Gasteiger partial charge in [0.1, 0.15) is 11.3 Å². The van der Waals surface area contributed by atoms with E-state index in [1.807, 2.05) is 41.3 Å². The number of piperazine rings is 1. The molecular formula is C21H23N3O2S. The second-order valence-electron chi connectivity index (χ2n) is 6.79. The highest BCUT2D eigenvalue weighted by molar-refractivity contribution is 7.22. The van der Waals surface area contributed by atoms with Gasteiger partial charge in [0.2, 0.25) is 5.91 Å². The number of ether oxygens (including phenoxy) is 1. The number of aryl methyl sites for hydroxylation is 1. The van der Waals surface area contributed by atoms with Crippen molar-refractivity contribution in [3.8, 4) is 5.75 Å². The van der Waals surface area contributed by atoms with Crippen LogP contribution in [0.1, 0.15) is 11.1 Å². The smallest absolute Gasteiger partial charge is 0.227 e. The molecule has 27 heavy (non-hydrogen) atoms. The minimum absolute atomic E-state index is 0.197. The monoisotopic (exact) mass is 381 g/mol. The van der Waals surface area contributed by atoms with Gasteiger partial charge >= 0.3 is 0 Å². The second kappa shape index (κ2) is 7.56. The maximum atomic E-state index is 12.6. The molecule has 2 heterocycles. The van der Waals surface area contributed by atoms with Crippen LogP contribution in [0.15, 0.2) is 42.5 Å². The van der Waals surface area contributed by atoms with Gasteiger partial charge in [0.05, 0.1) is 18.2 Å². The zero-order valence-corrected chi connectivity index (χ0v) is 16.5. The molecule has 2 aromatic carbocycles. The zero-order chi connectivity index (χ0) is 18.8. The van der Waals surface area contributed by atoms with E-state index in [1.54, 1.807) is 18.4 Å². The lowest BCUT2D eigenvalue weighted by Gasteiger charge is -2.34. The Morgan fingerprint density at radius 2 is 1.85 bits per heavy atom. The fraction of sp³-hybridized carbons (Fsp3) is 0.333. The maximum absolute atomic E-state index is 12.6. The van der Waals surface area contributed by atoms with Crippen LogP contribution in [-0.2, 0) is 11.2 Å². The van der Waals surface area contributed by atoms with Gasteiger partial charge in [-0.1, -0.05) is 47.7 Å². The molecule has 0 saturated carbocycles. The van der Waals surface area contributed by atoms with Crippen molar-refractivity contribution < 1.29 is 9.53 Å². The highest BCUT2D eigenvalue weighted by Crippen LogP contribution is 2.36. The summed E-state index contributed by atoms with van der Waals surface area (Å²) in [4.78, 5) is 21.6. The van der Waals surface area contributed by atoms with Crippen LogP contribution >= 0.6 is 11.3 Å². The minimum atomic E-state index is 0.197. The number of rotatable bonds is 4. The number of hydrogen-bond acceptors (Lipinski definition) is 5. The average Bonchev–Trinajstić information content (AvgIpc) is 3.16. The maximum Gasteiger partial charge on any atom is 0.227 e. The van der Waals surface area contributed by atoms with Crippen molar-refractivity contribution in [3.05, 3.63) is 53.6 Å². The van der Waals surface area contributed by atoms with Crippen molar-refractivity contribution in [3.63, 3.8) is 0 Å². The topological polar surface area (TPSA) is 45.7 Å². The number of hydrogen-bond donors (Lipinski definition) is 0. The summed E-state index contributed by atoms with van der Waals surface area (Å²) in [6, 6.07) is 14.0. The third kappa shape index (κ3) is 3.62. The molecule has 0 N–H and O–H groups in total. The van der Waals surface area contributed by atoms with E-state index in [9.17, 15) is 4.79 Å². The average molecular weight is 382 g/mol. The van der Waals surface area contributed by atoms with Gasteiger partial charge in [0.15, 0.2) is 5.13 Å². The van der Waals surface area contributed by atoms with E-state index in [-0.39, 0.29) is 5.91 Å². The first-order chi connectivity index (χ1) is 13.2. The van der Waals surface area contributed by atoms with E-state index in [4.69, 9.17) is 9.72 Å². The van der Waals surface area contributed by atoms with Crippen LogP contribution in [0.25, 0.3) is 10.2 Å². The Kier molecular flexibility index (Phi) is 4.99. The molecule has 0 radical (unpaired) electrons. The first-order valence-electron chi connectivity index (χ1n) is 9.16. The van der Waals surface area contributed by atoms with Gasteiger partial charge in [-0.2, -0.15) is 0 Å². The first-order valence-corrected chi connectivity index (χ1v) is 9.98. The van der Waals surface area contributed by atoms with Crippen molar-refractivity contribution in [2.45, 2.75) is 13.3 Å². The number of amides is 1. The second-order valence-corrected chi connectivity index (χ2v) is 7.77. The number of nitrogens with zero attached hydrogens (tertiary/aromatic N) is 3. The number of aromatic nitrogens is 1. The SMILES string of the molecule is COc1ccc(C)c2sc(N3CCN(C(=O)Cc4ccccc4)CC3)nc12. The van der Waals surface area contributed by atoms with Crippen LogP contribution in [0.4, 0.5) is 5.13 Å². The third-order valence-electron chi connectivity index (χ3n) is 5.01. The summed E-state index contributed by atoms with van der Waals surface area (Å²) in [5.74, 6) is 1.01. The molecule has 1 aliphatic rings. The molecule has 0 spiro atoms. The van der Waals surface area contributed by atoms with Crippen LogP contribution in [0, 0.1) is 6.92 Å². The van der Waals surface area contributed by atoms with Crippen LogP contribution in [0.5, 0.6) is 5.75 Å². The number of thiazole rings is 1. The lowest BCUT2D eigenvalue weighted by Crippen LogP contribution is -2.49. The molecule has 1 fully saturated rings. The number of methoxy groups -OCH3 is 1. The van der Waals surface area contributed by atoms with Gasteiger partial charge in [-0.15, -0.1) is 0 Å². The minimum Gasteiger partial charge on any atom is -0.494 e. The molecule has 0 atom stereocenters. The lowest BCUT2D eigenvalue weighted by atomic mass is 10.1. The molecular weight excluding hydrogens is 358 g/mol. The predicted molar refractivity (Wildman–Crippen MR) is 110 cm³/mol. The molecule has 1 aromatic heterocycles. The van der Waals surface area contributed by atoms with Crippen LogP contribution in [-0.4, -0.2) is 49.1 Å². The lowest BCUT2D eigenvalue weighted by molar-refractivity contribution is -0.130. The summed E-state index contributed by atoms with van der Waals surface area (Å²) >= 11 is 1.70. The van der Waals surface area contributed by atoms with Crippen molar-refractivity contribution in [1.82, 2.24) is 9.88 Å². The van der Waals surface area contributed by atoms with E-state index in [1.165, 1.54) is 10.3 Å². The molecule has 4 rings (SSSR count). The van der Waals surface area contributed by atoms with Crippen LogP contribution in [0.3, 0.4) is 0 Å². The summed E-state index contributed by atoms with van der Waals surface area (Å²) in [6.45, 7) is 5.18. The Labute approximate surface area is 163 Å². The normalized spacial score (nSPS) is 14.6. The van der Waals surface area contributed by atoms with Gasteiger partial charge in [0, 0.05) is 26.2 Å². The number of carbonyl (C=O) groups excluding carboxylic acids is 1. The van der Waals surface area contributed by atoms with Gasteiger partial charge < -0.3 is 14.5 Å². The van der Waals surface area contributed by atoms with E-state index < -0.39 is 0 Å². The quantitative estimate of drug-likeness (QED) is 0.694. The first kappa shape index (κ1) is 17.8. The van der Waals surface area contributed by atoms with E-state index >= 15 is 0 Å². The highest BCUT2D eigenvalue weighted by atomic mass is 32.1. The standard InChI is InChI=1S/C21H23N3O2S/c1-15-8-9-17(26-2)19-20(15)27-21(22-19)24-12-10-23(11-13-24)18(25)14-16-6-4-3-5-7-16/h3-9H,10-14H2,1-2H3. The van der Waals surface area contributed by atoms with Crippen molar-refractivity contribution in [2.24, 2.45) is 0 Å². The molecule has 1 saturated heterocycles. The van der Waals surface area contributed by atoms with E-state index in [0.717, 1.165) is 48.1 Å². The molecule has 6 heteroatoms. The van der Waals surface area contributed by atoms with E-state index in [0.29, 0.717) is 6.42 Å². The van der Waals surface area contributed by atoms with Gasteiger partial charge in [-0.3, -0.25) is 4.79 Å². The molecule has 0 aliphatic carbocycles. The molecule has 3 aromatic rings. The van der Waals surface area contributed by atoms with Crippen molar-refractivity contribution in [2.75, 3.05) is 38.2 Å². The predicted octanol–water partition coefficient (Wildman–Crippen LogP) is 3.50. The van der Waals surface area contributed by atoms with Crippen molar-refractivity contribution in [1.29, 1.82) is 0 Å². The van der Waals surface area contributed by atoms with Crippen LogP contribution < -0.4 is 9.64 Å². The largest absolute Gasteiger partial charge is 0.494 e. The molecule has 1 amide bonds. The third-order valence-corrected chi connectivity index (χ3v) is 6.26. The highest BCUT2D eigenvalue weighted by Gasteiger charge is 2.24. The summed E-state index contributed by atoms with van der Waals surface area (Å²) < 4.78 is 6.63. The fourth-order valence-corrected chi connectivity index (χ4v) is 4.53. The molecule has 1 aliphatic heterocycles. The summed E-state index contributed by atoms with van der Waals surface area (Å²) in [5.41, 5.74) is 3.21. The zero-order valence-electron chi connectivity index (χ0n) is 15.6. The Hall–Kier alpha value is -2.60. The molecule has 0 bridgehead atoms. The molecule has 140 valence electrons. The van der Waals surface area contributed by atoms with Gasteiger partial charge in [0.25, 0.3) is 0 Å². The van der Waals surface area contributed by atoms with Crippen molar-refractivity contribution >= 4 is 32.6 Å². The summed E-state index contributed by atoms with van der Waals surface area (Å²) in [6.07, 6.45) is 0.471. The van der Waals surface area contributed by atoms with Gasteiger partial charge in [-0.25, -0.2) is 4.98 Å². The number of anilines is 1. The van der Waals surface area contributed by atoms with E-state index in [2.05, 4.69) is 17.9 Å². The number of benzene rings is 2. The summed E-state index contributed by atoms with van der Waals surface area (Å²) in [5, 5.41) is 1.01. The number of fused-ring (bicyclic) bond motifs is 1. The fourth-order valence-electron chi connectivity index (χ4n) is 3.43. The molecule has 0 unspecified atom stereocenters. The Morgan fingerprint density at radius 1 is 1.11 bits per heavy atom. The van der Waals surface area contributed by atoms with Gasteiger partial charge in [-0.05, 0) is 24.1 Å². The summed E-state index contributed by atoms with van der Waals surface area (Å²) in [7, 11) is 1.68. The molecule has 5 nitrogen and oxygen atoms in total. The van der Waals surface area contributed by atoms with Crippen LogP contribution in [0.2, 0.25) is 0 Å². The Morgan fingerprint density at radius 3 is 2.56 bits per heavy atom. The number of carbonyl (C=O) groups is 1. The Balaban J connectivity index is 1.44. The Bertz CT molecular complexity index is 947.